The van der Waals surface area contributed by atoms with Crippen molar-refractivity contribution in [1.82, 2.24) is 19.9 Å². The quantitative estimate of drug-likeness (QED) is 0.0918. The number of hydrogen-bond donors (Lipinski definition) is 6. The van der Waals surface area contributed by atoms with Crippen LogP contribution < -0.4 is 33.6 Å². The van der Waals surface area contributed by atoms with Crippen LogP contribution in [0, 0.1) is 11.8 Å². The summed E-state index contributed by atoms with van der Waals surface area (Å²) in [6, 6.07) is 11.2. The molecule has 4 aromatic heterocycles. The maximum Gasteiger partial charge on any atom is 0.231 e. The number of halogens is 2. The van der Waals surface area contributed by atoms with E-state index in [1.807, 2.05) is 38.1 Å². The molecule has 276 valence electrons. The van der Waals surface area contributed by atoms with E-state index >= 15 is 0 Å². The fourth-order valence-corrected chi connectivity index (χ4v) is 6.62. The molecule has 2 aliphatic rings. The van der Waals surface area contributed by atoms with Gasteiger partial charge >= 0.3 is 0 Å². The minimum Gasteiger partial charge on any atom is -0.398 e. The topological polar surface area (TPSA) is 214 Å². The number of pyridine rings is 4. The van der Waals surface area contributed by atoms with Crippen molar-refractivity contribution in [3.05, 3.63) is 84.7 Å². The monoisotopic (exact) mass is 730 g/mol. The van der Waals surface area contributed by atoms with Crippen molar-refractivity contribution in [2.24, 2.45) is 11.8 Å². The van der Waals surface area contributed by atoms with Gasteiger partial charge in [0, 0.05) is 58.1 Å². The van der Waals surface area contributed by atoms with Gasteiger partial charge in [0.2, 0.25) is 11.8 Å². The van der Waals surface area contributed by atoms with Crippen molar-refractivity contribution >= 4 is 67.7 Å². The number of carbonyl (C=O) groups is 2. The first-order valence-electron chi connectivity index (χ1n) is 17.7. The number of alkyl halides is 2. The van der Waals surface area contributed by atoms with E-state index in [9.17, 15) is 18.4 Å². The van der Waals surface area contributed by atoms with E-state index in [0.29, 0.717) is 34.4 Å². The average Bonchev–Trinajstić information content (AvgIpc) is 4.08. The molecule has 0 saturated heterocycles. The Morgan fingerprint density at radius 2 is 1.00 bits per heavy atom. The molecule has 0 radical (unpaired) electrons. The lowest BCUT2D eigenvalue weighted by atomic mass is 9.96. The maximum absolute atomic E-state index is 13.1. The Morgan fingerprint density at radius 1 is 0.611 bits per heavy atom. The van der Waals surface area contributed by atoms with Gasteiger partial charge < -0.3 is 33.6 Å². The molecule has 4 atom stereocenters. The number of rotatable bonds is 8. The molecular formula is C40H40F2N10O2. The maximum atomic E-state index is 13.1. The van der Waals surface area contributed by atoms with Gasteiger partial charge in [-0.25, -0.2) is 18.7 Å². The Kier molecular flexibility index (Phi) is 9.67. The Bertz CT molecular complexity index is 2270. The molecule has 2 amide bonds. The van der Waals surface area contributed by atoms with Crippen LogP contribution in [0.4, 0.5) is 43.2 Å². The Labute approximate surface area is 309 Å². The minimum absolute atomic E-state index is 0.277. The zero-order chi connectivity index (χ0) is 38.3. The summed E-state index contributed by atoms with van der Waals surface area (Å²) < 4.78 is 26.1. The van der Waals surface area contributed by atoms with E-state index in [0.717, 1.165) is 67.8 Å². The zero-order valence-electron chi connectivity index (χ0n) is 29.7. The predicted molar refractivity (Wildman–Crippen MR) is 210 cm³/mol. The molecule has 4 heterocycles. The number of nitrogens with zero attached hydrogens (tertiary/aromatic N) is 4. The molecule has 14 heteroatoms. The summed E-state index contributed by atoms with van der Waals surface area (Å²) in [7, 11) is 0. The van der Waals surface area contributed by atoms with Gasteiger partial charge in [-0.15, -0.1) is 0 Å². The Hall–Kier alpha value is -6.44. The second kappa shape index (κ2) is 14.5. The molecule has 0 spiro atoms. The normalized spacial score (nSPS) is 18.4. The van der Waals surface area contributed by atoms with Crippen molar-refractivity contribution < 1.29 is 18.4 Å². The predicted octanol–water partition coefficient (Wildman–Crippen LogP) is 6.64. The Morgan fingerprint density at radius 3 is 1.35 bits per heavy atom. The van der Waals surface area contributed by atoms with Crippen LogP contribution in [0.15, 0.2) is 73.6 Å². The van der Waals surface area contributed by atoms with Crippen LogP contribution in [0.1, 0.15) is 37.8 Å². The zero-order valence-corrected chi connectivity index (χ0v) is 29.7. The summed E-state index contributed by atoms with van der Waals surface area (Å²) in [5, 5.41) is 8.56. The third-order valence-corrected chi connectivity index (χ3v) is 9.85. The fourth-order valence-electron chi connectivity index (χ4n) is 6.62. The molecule has 0 aliphatic heterocycles. The second-order valence-corrected chi connectivity index (χ2v) is 13.6. The van der Waals surface area contributed by atoms with E-state index in [4.69, 9.17) is 22.9 Å². The number of anilines is 6. The molecule has 2 fully saturated rings. The van der Waals surface area contributed by atoms with Crippen molar-refractivity contribution in [3.8, 4) is 22.3 Å². The van der Waals surface area contributed by atoms with Crippen LogP contribution in [0.5, 0.6) is 0 Å². The number of nitrogen functional groups attached to an aromatic ring is 4. The van der Waals surface area contributed by atoms with Gasteiger partial charge in [-0.05, 0) is 95.1 Å². The largest absolute Gasteiger partial charge is 0.398 e. The van der Waals surface area contributed by atoms with Crippen LogP contribution in [0.2, 0.25) is 0 Å². The highest BCUT2D eigenvalue weighted by molar-refractivity contribution is 6.02. The number of fused-ring (bicyclic) bond motifs is 2. The number of nitrogens with two attached hydrogens (primary N) is 4. The first-order valence-corrected chi connectivity index (χ1v) is 17.7. The fraction of sp³-hybridized carbons (Fsp3) is 0.250. The molecule has 2 aromatic carbocycles. The average molecular weight is 731 g/mol. The number of benzene rings is 2. The van der Waals surface area contributed by atoms with Gasteiger partial charge in [0.1, 0.15) is 24.0 Å². The lowest BCUT2D eigenvalue weighted by molar-refractivity contribution is -0.118. The highest BCUT2D eigenvalue weighted by Crippen LogP contribution is 2.38. The third kappa shape index (κ3) is 7.27. The number of carbonyl (C=O) groups excluding carboxylic acids is 2. The highest BCUT2D eigenvalue weighted by Gasteiger charge is 2.44. The SMILES string of the molecule is CCc1c(N)cncc1-c1cc(N)c2cnc(NC(=O)[C@@H]3C[C@@H]3F)cc2c1.CCc1c(N)cncc1-c1cc(N)c2cnc(NC(=O)[C@H]3C[C@H]3F)cc2c1. The van der Waals surface area contributed by atoms with Gasteiger partial charge in [-0.3, -0.25) is 19.6 Å². The van der Waals surface area contributed by atoms with Gasteiger partial charge in [-0.1, -0.05) is 13.8 Å². The second-order valence-electron chi connectivity index (χ2n) is 13.6. The van der Waals surface area contributed by atoms with Crippen LogP contribution in [0.25, 0.3) is 43.8 Å². The van der Waals surface area contributed by atoms with Crippen molar-refractivity contribution in [3.63, 3.8) is 0 Å². The number of aromatic nitrogens is 4. The number of amides is 2. The van der Waals surface area contributed by atoms with Crippen LogP contribution >= 0.6 is 0 Å². The third-order valence-electron chi connectivity index (χ3n) is 9.85. The number of nitrogens with one attached hydrogen (secondary N) is 2. The molecule has 2 aliphatic carbocycles. The van der Waals surface area contributed by atoms with Crippen LogP contribution in [-0.2, 0) is 22.4 Å². The van der Waals surface area contributed by atoms with Crippen LogP contribution in [0.3, 0.4) is 0 Å². The highest BCUT2D eigenvalue weighted by atomic mass is 19.1. The molecule has 0 unspecified atom stereocenters. The van der Waals surface area contributed by atoms with E-state index in [1.165, 1.54) is 0 Å². The standard InChI is InChI=1S/2C20H20FN5O/c2*1-2-12-14(7-24-9-18(12)23)10-3-11-5-19(25-8-15(11)17(22)4-10)26-20(27)13-6-16(13)21/h2*3-5,7-9,13,16H,2,6,22-23H2,1H3,(H,25,26,27)/t2*13-,16+/m10/s1. The molecule has 6 aromatic rings. The van der Waals surface area contributed by atoms with Crippen molar-refractivity contribution in [2.75, 3.05) is 33.6 Å². The van der Waals surface area contributed by atoms with Gasteiger partial charge in [-0.2, -0.15) is 0 Å². The summed E-state index contributed by atoms with van der Waals surface area (Å²) >= 11 is 0. The molecule has 10 N–H and O–H groups in total. The van der Waals surface area contributed by atoms with E-state index in [2.05, 4.69) is 30.6 Å². The first-order chi connectivity index (χ1) is 25.9. The summed E-state index contributed by atoms with van der Waals surface area (Å²) in [5.74, 6) is -1.05. The molecule has 12 nitrogen and oxygen atoms in total. The minimum atomic E-state index is -1.05. The summed E-state index contributed by atoms with van der Waals surface area (Å²) in [4.78, 5) is 40.8. The molecule has 2 saturated carbocycles. The lowest BCUT2D eigenvalue weighted by Crippen LogP contribution is -2.15. The van der Waals surface area contributed by atoms with Gasteiger partial charge in [0.15, 0.2) is 0 Å². The number of hydrogen-bond acceptors (Lipinski definition) is 10. The van der Waals surface area contributed by atoms with E-state index in [1.54, 1.807) is 49.3 Å². The Balaban J connectivity index is 0.000000167. The van der Waals surface area contributed by atoms with E-state index < -0.39 is 24.2 Å². The van der Waals surface area contributed by atoms with Crippen molar-refractivity contribution in [2.45, 2.75) is 51.9 Å². The van der Waals surface area contributed by atoms with Crippen molar-refractivity contribution in [1.29, 1.82) is 0 Å². The molecule has 54 heavy (non-hydrogen) atoms. The smallest absolute Gasteiger partial charge is 0.231 e. The summed E-state index contributed by atoms with van der Waals surface area (Å²) in [6.45, 7) is 4.07. The van der Waals surface area contributed by atoms with Gasteiger partial charge in [0.05, 0.1) is 35.6 Å². The molecule has 0 bridgehead atoms. The summed E-state index contributed by atoms with van der Waals surface area (Å²) in [5.41, 5.74) is 32.6. The van der Waals surface area contributed by atoms with Gasteiger partial charge in [0.25, 0.3) is 0 Å². The lowest BCUT2D eigenvalue weighted by Gasteiger charge is -2.13. The van der Waals surface area contributed by atoms with Crippen LogP contribution in [-0.4, -0.2) is 44.1 Å². The van der Waals surface area contributed by atoms with E-state index in [-0.39, 0.29) is 24.7 Å². The molecular weight excluding hydrogens is 691 g/mol. The first kappa shape index (κ1) is 35.9. The summed E-state index contributed by atoms with van der Waals surface area (Å²) in [6.07, 6.45) is 10.0. The molecule has 8 rings (SSSR count).